The number of hydrogen-bond donors (Lipinski definition) is 0. The molecule has 2 aromatic rings. The molecule has 1 aromatic heterocycles. The Kier molecular flexibility index (Phi) is 12.8. The highest BCUT2D eigenvalue weighted by Crippen LogP contribution is 2.15. The largest absolute Gasteiger partial charge is 0.244 e. The number of fused-ring (bicyclic) bond motifs is 1. The average molecular weight is 400 g/mol. The quantitative estimate of drug-likeness (QED) is 0.176. The Labute approximate surface area is 180 Å². The fourth-order valence-electron chi connectivity index (χ4n) is 4.43. The van der Waals surface area contributed by atoms with E-state index >= 15 is 0 Å². The molecule has 0 bridgehead atoms. The van der Waals surface area contributed by atoms with E-state index in [1.807, 2.05) is 0 Å². The number of unbranched alkanes of at least 4 members (excludes halogenated alkanes) is 14. The summed E-state index contributed by atoms with van der Waals surface area (Å²) in [6, 6.07) is 8.97. The summed E-state index contributed by atoms with van der Waals surface area (Å²) >= 11 is 0. The minimum Gasteiger partial charge on any atom is -0.230 e. The molecule has 2 nitrogen and oxygen atoms in total. The highest BCUT2D eigenvalue weighted by molar-refractivity contribution is 5.71. The number of benzene rings is 1. The molecule has 1 aromatic carbocycles. The van der Waals surface area contributed by atoms with E-state index in [0.717, 1.165) is 0 Å². The van der Waals surface area contributed by atoms with Crippen LogP contribution in [-0.2, 0) is 13.1 Å². The topological polar surface area (TPSA) is 8.81 Å². The number of aryl methyl sites for hydroxylation is 2. The van der Waals surface area contributed by atoms with Crippen LogP contribution in [0, 0.1) is 0 Å². The first-order valence-electron chi connectivity index (χ1n) is 12.8. The molecule has 1 heterocycles. The number of rotatable bonds is 18. The van der Waals surface area contributed by atoms with E-state index in [4.69, 9.17) is 0 Å². The Balaban J connectivity index is 1.70. The molecule has 0 radical (unpaired) electrons. The van der Waals surface area contributed by atoms with Gasteiger partial charge in [-0.2, -0.15) is 0 Å². The number of para-hydroxylation sites is 2. The third kappa shape index (κ3) is 9.36. The third-order valence-corrected chi connectivity index (χ3v) is 6.28. The fraction of sp³-hybridized carbons (Fsp3) is 0.741. The summed E-state index contributed by atoms with van der Waals surface area (Å²) in [6.45, 7) is 6.92. The molecular weight excluding hydrogens is 352 g/mol. The monoisotopic (exact) mass is 399 g/mol. The lowest BCUT2D eigenvalue weighted by atomic mass is 10.1. The van der Waals surface area contributed by atoms with Gasteiger partial charge in [-0.1, -0.05) is 103 Å². The Hall–Kier alpha value is -1.31. The summed E-state index contributed by atoms with van der Waals surface area (Å²) in [5.74, 6) is 0. The van der Waals surface area contributed by atoms with Gasteiger partial charge >= 0.3 is 0 Å². The van der Waals surface area contributed by atoms with Gasteiger partial charge in [-0.05, 0) is 37.8 Å². The lowest BCUT2D eigenvalue weighted by Crippen LogP contribution is -2.32. The maximum absolute atomic E-state index is 2.50. The lowest BCUT2D eigenvalue weighted by molar-refractivity contribution is -0.672. The maximum atomic E-state index is 2.50. The molecule has 0 saturated heterocycles. The molecule has 0 aliphatic carbocycles. The molecule has 0 saturated carbocycles. The van der Waals surface area contributed by atoms with Crippen LogP contribution in [0.3, 0.4) is 0 Å². The number of hydrogen-bond acceptors (Lipinski definition) is 0. The van der Waals surface area contributed by atoms with Crippen LogP contribution in [0.5, 0.6) is 0 Å². The molecule has 0 aliphatic rings. The van der Waals surface area contributed by atoms with Gasteiger partial charge in [0.1, 0.15) is 0 Å². The minimum atomic E-state index is 1.17. The first-order valence-corrected chi connectivity index (χ1v) is 12.8. The smallest absolute Gasteiger partial charge is 0.230 e. The van der Waals surface area contributed by atoms with E-state index in [1.165, 1.54) is 127 Å². The first kappa shape index (κ1) is 24.0. The molecule has 0 spiro atoms. The van der Waals surface area contributed by atoms with Crippen molar-refractivity contribution in [2.45, 2.75) is 130 Å². The normalized spacial score (nSPS) is 11.5. The molecule has 0 fully saturated rings. The zero-order valence-electron chi connectivity index (χ0n) is 19.5. The second-order valence-electron chi connectivity index (χ2n) is 8.94. The lowest BCUT2D eigenvalue weighted by Gasteiger charge is -2.01. The standard InChI is InChI=1S/C27H47N2/c1-3-5-7-9-11-13-15-19-23-28-25-29(27-22-18-17-21-26(27)28)24-20-16-14-12-10-8-6-4-2/h17-18,21-22,25H,3-16,19-20,23-24H2,1-2H3/q+1. The molecule has 2 heteroatoms. The van der Waals surface area contributed by atoms with Crippen LogP contribution in [0.15, 0.2) is 30.6 Å². The van der Waals surface area contributed by atoms with Crippen LogP contribution in [-0.4, -0.2) is 4.57 Å². The molecule has 0 atom stereocenters. The molecule has 0 N–H and O–H groups in total. The molecule has 0 amide bonds. The summed E-state index contributed by atoms with van der Waals surface area (Å²) in [6.07, 6.45) is 24.6. The number of nitrogens with zero attached hydrogens (tertiary/aromatic N) is 2. The second-order valence-corrected chi connectivity index (χ2v) is 8.94. The van der Waals surface area contributed by atoms with E-state index in [9.17, 15) is 0 Å². The first-order chi connectivity index (χ1) is 14.4. The van der Waals surface area contributed by atoms with E-state index in [2.05, 4.69) is 53.6 Å². The summed E-state index contributed by atoms with van der Waals surface area (Å²) in [7, 11) is 0. The SMILES string of the molecule is CCCCCCCCCCn1c[n+](CCCCCCCCCC)c2ccccc21. The van der Waals surface area contributed by atoms with Crippen molar-refractivity contribution in [2.75, 3.05) is 0 Å². The second kappa shape index (κ2) is 15.5. The summed E-state index contributed by atoms with van der Waals surface area (Å²) in [5.41, 5.74) is 2.82. The van der Waals surface area contributed by atoms with Crippen LogP contribution in [0.1, 0.15) is 117 Å². The van der Waals surface area contributed by atoms with Crippen LogP contribution in [0.4, 0.5) is 0 Å². The predicted octanol–water partition coefficient (Wildman–Crippen LogP) is 8.21. The van der Waals surface area contributed by atoms with Crippen molar-refractivity contribution in [1.82, 2.24) is 4.57 Å². The predicted molar refractivity (Wildman–Crippen MR) is 127 cm³/mol. The van der Waals surface area contributed by atoms with Crippen molar-refractivity contribution in [2.24, 2.45) is 0 Å². The molecule has 164 valence electrons. The molecule has 2 rings (SSSR count). The summed E-state index contributed by atoms with van der Waals surface area (Å²) < 4.78 is 4.99. The highest BCUT2D eigenvalue weighted by atomic mass is 15.1. The van der Waals surface area contributed by atoms with E-state index < -0.39 is 0 Å². The summed E-state index contributed by atoms with van der Waals surface area (Å²) in [4.78, 5) is 0. The Morgan fingerprint density at radius 1 is 0.621 bits per heavy atom. The van der Waals surface area contributed by atoms with Gasteiger partial charge in [0.2, 0.25) is 6.33 Å². The fourth-order valence-corrected chi connectivity index (χ4v) is 4.43. The van der Waals surface area contributed by atoms with Gasteiger partial charge in [-0.15, -0.1) is 0 Å². The van der Waals surface area contributed by atoms with Crippen molar-refractivity contribution in [1.29, 1.82) is 0 Å². The van der Waals surface area contributed by atoms with Gasteiger partial charge < -0.3 is 0 Å². The molecule has 0 aliphatic heterocycles. The van der Waals surface area contributed by atoms with Crippen LogP contribution >= 0.6 is 0 Å². The van der Waals surface area contributed by atoms with Crippen molar-refractivity contribution in [3.8, 4) is 0 Å². The molecular formula is C27H47N2+. The van der Waals surface area contributed by atoms with Gasteiger partial charge in [0.15, 0.2) is 11.0 Å². The van der Waals surface area contributed by atoms with Gasteiger partial charge in [0.05, 0.1) is 13.1 Å². The van der Waals surface area contributed by atoms with Crippen molar-refractivity contribution in [3.05, 3.63) is 30.6 Å². The van der Waals surface area contributed by atoms with Crippen molar-refractivity contribution < 1.29 is 4.57 Å². The van der Waals surface area contributed by atoms with Crippen LogP contribution in [0.2, 0.25) is 0 Å². The van der Waals surface area contributed by atoms with Gasteiger partial charge in [-0.3, -0.25) is 0 Å². The number of imidazole rings is 1. The van der Waals surface area contributed by atoms with Gasteiger partial charge in [0, 0.05) is 0 Å². The maximum Gasteiger partial charge on any atom is 0.244 e. The average Bonchev–Trinajstić information content (AvgIpc) is 3.10. The number of aromatic nitrogens is 2. The van der Waals surface area contributed by atoms with E-state index in [1.54, 1.807) is 0 Å². The zero-order valence-corrected chi connectivity index (χ0v) is 19.5. The minimum absolute atomic E-state index is 1.17. The Bertz CT molecular complexity index is 589. The Morgan fingerprint density at radius 2 is 1.14 bits per heavy atom. The van der Waals surface area contributed by atoms with E-state index in [-0.39, 0.29) is 0 Å². The highest BCUT2D eigenvalue weighted by Gasteiger charge is 2.14. The van der Waals surface area contributed by atoms with Crippen LogP contribution in [0.25, 0.3) is 11.0 Å². The van der Waals surface area contributed by atoms with Gasteiger partial charge in [-0.25, -0.2) is 9.13 Å². The summed E-state index contributed by atoms with van der Waals surface area (Å²) in [5, 5.41) is 0. The van der Waals surface area contributed by atoms with Crippen molar-refractivity contribution in [3.63, 3.8) is 0 Å². The van der Waals surface area contributed by atoms with Crippen molar-refractivity contribution >= 4 is 11.0 Å². The third-order valence-electron chi connectivity index (χ3n) is 6.28. The van der Waals surface area contributed by atoms with Crippen LogP contribution < -0.4 is 4.57 Å². The molecule has 29 heavy (non-hydrogen) atoms. The Morgan fingerprint density at radius 3 is 1.76 bits per heavy atom. The molecule has 0 unspecified atom stereocenters. The zero-order chi connectivity index (χ0) is 20.6. The van der Waals surface area contributed by atoms with E-state index in [0.29, 0.717) is 0 Å². The van der Waals surface area contributed by atoms with Gasteiger partial charge in [0.25, 0.3) is 0 Å².